The lowest BCUT2D eigenvalue weighted by Gasteiger charge is -2.24. The Morgan fingerprint density at radius 3 is 2.73 bits per heavy atom. The Morgan fingerprint density at radius 2 is 2.00 bits per heavy atom. The van der Waals surface area contributed by atoms with Crippen molar-refractivity contribution in [3.05, 3.63) is 41.1 Å². The third-order valence-corrected chi connectivity index (χ3v) is 4.56. The van der Waals surface area contributed by atoms with Crippen molar-refractivity contribution in [2.24, 2.45) is 5.92 Å². The first kappa shape index (κ1) is 18.4. The van der Waals surface area contributed by atoms with E-state index in [9.17, 15) is 9.59 Å². The zero-order valence-corrected chi connectivity index (χ0v) is 15.9. The minimum Gasteiger partial charge on any atom is -0.452 e. The van der Waals surface area contributed by atoms with E-state index in [1.165, 1.54) is 0 Å². The third kappa shape index (κ3) is 4.03. The van der Waals surface area contributed by atoms with Crippen molar-refractivity contribution >= 4 is 22.8 Å². The highest BCUT2D eigenvalue weighted by molar-refractivity contribution is 6.05. The van der Waals surface area contributed by atoms with Crippen molar-refractivity contribution in [3.8, 4) is 0 Å². The highest BCUT2D eigenvalue weighted by atomic mass is 16.5. The number of aromatic nitrogens is 1. The molecular weight excluding hydrogens is 328 g/mol. The van der Waals surface area contributed by atoms with Crippen molar-refractivity contribution in [2.75, 3.05) is 6.61 Å². The van der Waals surface area contributed by atoms with E-state index in [1.807, 2.05) is 45.0 Å². The Morgan fingerprint density at radius 1 is 1.27 bits per heavy atom. The summed E-state index contributed by atoms with van der Waals surface area (Å²) in [5.74, 6) is -0.245. The van der Waals surface area contributed by atoms with Crippen LogP contribution in [0.1, 0.15) is 55.7 Å². The summed E-state index contributed by atoms with van der Waals surface area (Å²) in [6, 6.07) is 7.62. The van der Waals surface area contributed by atoms with Crippen LogP contribution in [-0.2, 0) is 22.4 Å². The summed E-state index contributed by atoms with van der Waals surface area (Å²) in [6.07, 6.45) is 2.75. The average molecular weight is 354 g/mol. The van der Waals surface area contributed by atoms with Gasteiger partial charge < -0.3 is 10.1 Å². The zero-order chi connectivity index (χ0) is 18.9. The van der Waals surface area contributed by atoms with Gasteiger partial charge in [0.25, 0.3) is 5.91 Å². The topological polar surface area (TPSA) is 68.3 Å². The van der Waals surface area contributed by atoms with Crippen LogP contribution in [-0.4, -0.2) is 29.0 Å². The number of benzene rings is 1. The Labute approximate surface area is 154 Å². The predicted octanol–water partition coefficient (Wildman–Crippen LogP) is 3.43. The number of para-hydroxylation sites is 1. The maximum atomic E-state index is 12.9. The van der Waals surface area contributed by atoms with Gasteiger partial charge in [-0.15, -0.1) is 0 Å². The predicted molar refractivity (Wildman–Crippen MR) is 101 cm³/mol. The number of nitrogens with one attached hydrogen (secondary N) is 1. The highest BCUT2D eigenvalue weighted by Gasteiger charge is 2.26. The van der Waals surface area contributed by atoms with Gasteiger partial charge in [0.2, 0.25) is 0 Å². The van der Waals surface area contributed by atoms with Gasteiger partial charge in [0.1, 0.15) is 0 Å². The van der Waals surface area contributed by atoms with Gasteiger partial charge >= 0.3 is 5.97 Å². The fraction of sp³-hybridized carbons (Fsp3) is 0.476. The van der Waals surface area contributed by atoms with Crippen molar-refractivity contribution in [1.82, 2.24) is 10.3 Å². The van der Waals surface area contributed by atoms with Crippen LogP contribution >= 0.6 is 0 Å². The highest BCUT2D eigenvalue weighted by Crippen LogP contribution is 2.31. The van der Waals surface area contributed by atoms with E-state index in [0.717, 1.165) is 41.4 Å². The van der Waals surface area contributed by atoms with E-state index in [-0.39, 0.29) is 18.1 Å². The number of hydrogen-bond donors (Lipinski definition) is 1. The van der Waals surface area contributed by atoms with Crippen LogP contribution < -0.4 is 5.32 Å². The van der Waals surface area contributed by atoms with Crippen LogP contribution in [0.5, 0.6) is 0 Å². The van der Waals surface area contributed by atoms with E-state index in [0.29, 0.717) is 11.5 Å². The molecule has 1 heterocycles. The van der Waals surface area contributed by atoms with Crippen molar-refractivity contribution in [2.45, 2.75) is 52.5 Å². The Balaban J connectivity index is 1.91. The number of pyridine rings is 1. The average Bonchev–Trinajstić information content (AvgIpc) is 2.56. The molecule has 0 spiro atoms. The number of esters is 1. The summed E-state index contributed by atoms with van der Waals surface area (Å²) >= 11 is 0. The molecule has 0 fully saturated rings. The second-order valence-electron chi connectivity index (χ2n) is 8.15. The molecule has 1 amide bonds. The number of nitrogens with zero attached hydrogens (tertiary/aromatic N) is 1. The normalized spacial score (nSPS) is 16.8. The SMILES string of the molecule is C[C@@H]1CCc2nc3ccccc3c(C(=O)OCC(=O)NC(C)(C)C)c2C1. The molecule has 5 heteroatoms. The lowest BCUT2D eigenvalue weighted by Crippen LogP contribution is -2.42. The number of carbonyl (C=O) groups excluding carboxylic acids is 2. The van der Waals surface area contributed by atoms with Crippen molar-refractivity contribution < 1.29 is 14.3 Å². The van der Waals surface area contributed by atoms with Crippen LogP contribution in [0.15, 0.2) is 24.3 Å². The van der Waals surface area contributed by atoms with E-state index < -0.39 is 5.97 Å². The van der Waals surface area contributed by atoms with Gasteiger partial charge in [-0.05, 0) is 57.6 Å². The second-order valence-corrected chi connectivity index (χ2v) is 8.15. The van der Waals surface area contributed by atoms with Gasteiger partial charge in [0.15, 0.2) is 6.61 Å². The summed E-state index contributed by atoms with van der Waals surface area (Å²) < 4.78 is 5.37. The van der Waals surface area contributed by atoms with Crippen molar-refractivity contribution in [3.63, 3.8) is 0 Å². The lowest BCUT2D eigenvalue weighted by atomic mass is 9.84. The van der Waals surface area contributed by atoms with Crippen LogP contribution in [0, 0.1) is 5.92 Å². The van der Waals surface area contributed by atoms with E-state index in [2.05, 4.69) is 12.2 Å². The van der Waals surface area contributed by atoms with Gasteiger partial charge in [-0.2, -0.15) is 0 Å². The molecule has 0 bridgehead atoms. The maximum absolute atomic E-state index is 12.9. The van der Waals surface area contributed by atoms with E-state index >= 15 is 0 Å². The second kappa shape index (κ2) is 7.06. The lowest BCUT2D eigenvalue weighted by molar-refractivity contribution is -0.125. The standard InChI is InChI=1S/C21H26N2O3/c1-13-9-10-17-15(11-13)19(14-7-5-6-8-16(14)22-17)20(25)26-12-18(24)23-21(2,3)4/h5-8,13H,9-12H2,1-4H3,(H,23,24)/t13-/m1/s1. The molecule has 0 saturated carbocycles. The molecular formula is C21H26N2O3. The largest absolute Gasteiger partial charge is 0.452 e. The number of fused-ring (bicyclic) bond motifs is 2. The quantitative estimate of drug-likeness (QED) is 0.858. The fourth-order valence-electron chi connectivity index (χ4n) is 3.45. The zero-order valence-electron chi connectivity index (χ0n) is 15.9. The van der Waals surface area contributed by atoms with Crippen LogP contribution in [0.25, 0.3) is 10.9 Å². The number of hydrogen-bond acceptors (Lipinski definition) is 4. The van der Waals surface area contributed by atoms with E-state index in [1.54, 1.807) is 0 Å². The Hall–Kier alpha value is -2.43. The monoisotopic (exact) mass is 354 g/mol. The smallest absolute Gasteiger partial charge is 0.339 e. The summed E-state index contributed by atoms with van der Waals surface area (Å²) in [5, 5.41) is 3.60. The number of carbonyl (C=O) groups is 2. The molecule has 1 aromatic carbocycles. The Bertz CT molecular complexity index is 852. The van der Waals surface area contributed by atoms with Gasteiger partial charge in [-0.25, -0.2) is 4.79 Å². The molecule has 1 aromatic heterocycles. The summed E-state index contributed by atoms with van der Waals surface area (Å²) in [6.45, 7) is 7.57. The summed E-state index contributed by atoms with van der Waals surface area (Å²) in [4.78, 5) is 29.6. The molecule has 1 aliphatic rings. The van der Waals surface area contributed by atoms with Crippen LogP contribution in [0.3, 0.4) is 0 Å². The van der Waals surface area contributed by atoms with Gasteiger partial charge in [0, 0.05) is 16.6 Å². The minimum absolute atomic E-state index is 0.281. The maximum Gasteiger partial charge on any atom is 0.339 e. The first-order chi connectivity index (χ1) is 12.2. The first-order valence-electron chi connectivity index (χ1n) is 9.13. The molecule has 0 radical (unpaired) electrons. The van der Waals surface area contributed by atoms with Gasteiger partial charge in [-0.3, -0.25) is 9.78 Å². The first-order valence-corrected chi connectivity index (χ1v) is 9.13. The molecule has 1 atom stereocenters. The van der Waals surface area contributed by atoms with Crippen LogP contribution in [0.4, 0.5) is 0 Å². The molecule has 3 rings (SSSR count). The fourth-order valence-corrected chi connectivity index (χ4v) is 3.45. The number of amides is 1. The minimum atomic E-state index is -0.446. The molecule has 26 heavy (non-hydrogen) atoms. The summed E-state index contributed by atoms with van der Waals surface area (Å²) in [7, 11) is 0. The van der Waals surface area contributed by atoms with Gasteiger partial charge in [0.05, 0.1) is 11.1 Å². The number of ether oxygens (including phenoxy) is 1. The third-order valence-electron chi connectivity index (χ3n) is 4.56. The molecule has 1 aliphatic carbocycles. The molecule has 2 aromatic rings. The summed E-state index contributed by atoms with van der Waals surface area (Å²) in [5.41, 5.74) is 2.96. The molecule has 0 saturated heterocycles. The number of aryl methyl sites for hydroxylation is 1. The molecule has 5 nitrogen and oxygen atoms in total. The van der Waals surface area contributed by atoms with Gasteiger partial charge in [-0.1, -0.05) is 25.1 Å². The Kier molecular flexibility index (Phi) is 4.99. The molecule has 1 N–H and O–H groups in total. The molecule has 0 aliphatic heterocycles. The van der Waals surface area contributed by atoms with Crippen molar-refractivity contribution in [1.29, 1.82) is 0 Å². The van der Waals surface area contributed by atoms with Crippen LogP contribution in [0.2, 0.25) is 0 Å². The molecule has 138 valence electrons. The molecule has 0 unspecified atom stereocenters. The van der Waals surface area contributed by atoms with E-state index in [4.69, 9.17) is 9.72 Å². The number of rotatable bonds is 3.